The zero-order valence-corrected chi connectivity index (χ0v) is 16.7. The summed E-state index contributed by atoms with van der Waals surface area (Å²) in [6.45, 7) is 4.20. The second kappa shape index (κ2) is 6.74. The first kappa shape index (κ1) is 17.4. The van der Waals surface area contributed by atoms with E-state index in [9.17, 15) is 0 Å². The van der Waals surface area contributed by atoms with Crippen molar-refractivity contribution in [3.63, 3.8) is 0 Å². The molecule has 4 heteroatoms. The zero-order valence-electron chi connectivity index (χ0n) is 16.7. The average molecular weight is 379 g/mol. The summed E-state index contributed by atoms with van der Waals surface area (Å²) in [5, 5.41) is 7.17. The molecule has 2 aromatic heterocycles. The van der Waals surface area contributed by atoms with Crippen molar-refractivity contribution >= 4 is 21.8 Å². The molecule has 0 unspecified atom stereocenters. The van der Waals surface area contributed by atoms with Crippen molar-refractivity contribution in [3.05, 3.63) is 84.1 Å². The first-order valence-corrected chi connectivity index (χ1v) is 9.63. The Kier molecular flexibility index (Phi) is 4.06. The smallest absolute Gasteiger partial charge is 0.118 e. The van der Waals surface area contributed by atoms with Crippen LogP contribution in [0.25, 0.3) is 38.8 Å². The largest absolute Gasteiger partial charge is 0.497 e. The van der Waals surface area contributed by atoms with Gasteiger partial charge in [-0.25, -0.2) is 4.68 Å². The minimum atomic E-state index is 0.829. The number of hydrogen-bond acceptors (Lipinski definition) is 3. The molecule has 29 heavy (non-hydrogen) atoms. The minimum Gasteiger partial charge on any atom is -0.497 e. The number of rotatable bonds is 3. The van der Waals surface area contributed by atoms with E-state index in [-0.39, 0.29) is 0 Å². The fourth-order valence-corrected chi connectivity index (χ4v) is 3.73. The van der Waals surface area contributed by atoms with Gasteiger partial charge in [-0.3, -0.25) is 4.98 Å². The van der Waals surface area contributed by atoms with Crippen LogP contribution in [0.1, 0.15) is 11.1 Å². The van der Waals surface area contributed by atoms with Crippen LogP contribution >= 0.6 is 0 Å². The van der Waals surface area contributed by atoms with Gasteiger partial charge in [-0.15, -0.1) is 0 Å². The van der Waals surface area contributed by atoms with Gasteiger partial charge in [0.05, 0.1) is 23.8 Å². The maximum absolute atomic E-state index is 5.31. The predicted octanol–water partition coefficient (Wildman–Crippen LogP) is 5.87. The molecule has 0 spiro atoms. The molecule has 3 aromatic carbocycles. The minimum absolute atomic E-state index is 0.829. The summed E-state index contributed by atoms with van der Waals surface area (Å²) >= 11 is 0. The zero-order chi connectivity index (χ0) is 20.0. The fourth-order valence-electron chi connectivity index (χ4n) is 3.73. The molecular weight excluding hydrogens is 358 g/mol. The van der Waals surface area contributed by atoms with E-state index in [1.807, 2.05) is 35.1 Å². The molecular formula is C25H21N3O. The van der Waals surface area contributed by atoms with Gasteiger partial charge in [0.25, 0.3) is 0 Å². The van der Waals surface area contributed by atoms with Crippen molar-refractivity contribution in [2.45, 2.75) is 13.8 Å². The SMILES string of the molecule is COc1ccc(-c2nn(-c3ccc(C)cc3)c3c2cnc2ccc(C)cc23)cc1. The highest BCUT2D eigenvalue weighted by Crippen LogP contribution is 2.34. The molecule has 0 atom stereocenters. The Morgan fingerprint density at radius 2 is 1.52 bits per heavy atom. The third kappa shape index (κ3) is 2.93. The van der Waals surface area contributed by atoms with E-state index in [1.165, 1.54) is 11.1 Å². The number of aromatic nitrogens is 3. The lowest BCUT2D eigenvalue weighted by atomic mass is 10.1. The molecule has 0 amide bonds. The van der Waals surface area contributed by atoms with Crippen molar-refractivity contribution in [2.24, 2.45) is 0 Å². The Morgan fingerprint density at radius 1 is 0.793 bits per heavy atom. The Labute approximate surface area is 169 Å². The normalized spacial score (nSPS) is 11.3. The van der Waals surface area contributed by atoms with Gasteiger partial charge in [0.2, 0.25) is 0 Å². The molecule has 0 fully saturated rings. The highest BCUT2D eigenvalue weighted by Gasteiger charge is 2.17. The van der Waals surface area contributed by atoms with E-state index in [0.717, 1.165) is 44.5 Å². The van der Waals surface area contributed by atoms with Crippen LogP contribution in [0.2, 0.25) is 0 Å². The second-order valence-corrected chi connectivity index (χ2v) is 7.37. The van der Waals surface area contributed by atoms with E-state index in [4.69, 9.17) is 14.8 Å². The topological polar surface area (TPSA) is 39.9 Å². The summed E-state index contributed by atoms with van der Waals surface area (Å²) in [4.78, 5) is 4.71. The first-order valence-electron chi connectivity index (χ1n) is 9.63. The van der Waals surface area contributed by atoms with Crippen molar-refractivity contribution < 1.29 is 4.74 Å². The van der Waals surface area contributed by atoms with Gasteiger partial charge in [-0.2, -0.15) is 5.10 Å². The summed E-state index contributed by atoms with van der Waals surface area (Å²) in [5.74, 6) is 0.829. The number of hydrogen-bond donors (Lipinski definition) is 0. The van der Waals surface area contributed by atoms with Crippen molar-refractivity contribution in [1.82, 2.24) is 14.8 Å². The molecule has 0 aliphatic rings. The number of nitrogens with zero attached hydrogens (tertiary/aromatic N) is 3. The summed E-state index contributed by atoms with van der Waals surface area (Å²) in [6, 6.07) is 22.8. The number of ether oxygens (including phenoxy) is 1. The number of fused-ring (bicyclic) bond motifs is 3. The highest BCUT2D eigenvalue weighted by molar-refractivity contribution is 6.08. The fraction of sp³-hybridized carbons (Fsp3) is 0.120. The van der Waals surface area contributed by atoms with Crippen molar-refractivity contribution in [2.75, 3.05) is 7.11 Å². The summed E-state index contributed by atoms with van der Waals surface area (Å²) in [7, 11) is 1.68. The quantitative estimate of drug-likeness (QED) is 0.394. The van der Waals surface area contributed by atoms with E-state index < -0.39 is 0 Å². The number of benzene rings is 3. The predicted molar refractivity (Wildman–Crippen MR) is 118 cm³/mol. The monoisotopic (exact) mass is 379 g/mol. The van der Waals surface area contributed by atoms with E-state index in [1.54, 1.807) is 7.11 Å². The van der Waals surface area contributed by atoms with E-state index in [0.29, 0.717) is 0 Å². The molecule has 5 rings (SSSR count). The van der Waals surface area contributed by atoms with Gasteiger partial charge in [-0.05, 0) is 62.4 Å². The van der Waals surface area contributed by atoms with Crippen LogP contribution in [0, 0.1) is 13.8 Å². The highest BCUT2D eigenvalue weighted by atomic mass is 16.5. The Morgan fingerprint density at radius 3 is 2.24 bits per heavy atom. The second-order valence-electron chi connectivity index (χ2n) is 7.37. The maximum atomic E-state index is 5.31. The molecule has 0 radical (unpaired) electrons. The van der Waals surface area contributed by atoms with Gasteiger partial charge in [-0.1, -0.05) is 29.3 Å². The van der Waals surface area contributed by atoms with Crippen molar-refractivity contribution in [1.29, 1.82) is 0 Å². The van der Waals surface area contributed by atoms with Crippen LogP contribution in [0.5, 0.6) is 5.75 Å². The molecule has 0 saturated heterocycles. The molecule has 2 heterocycles. The van der Waals surface area contributed by atoms with E-state index in [2.05, 4.69) is 56.3 Å². The summed E-state index contributed by atoms with van der Waals surface area (Å²) < 4.78 is 7.35. The summed E-state index contributed by atoms with van der Waals surface area (Å²) in [6.07, 6.45) is 1.93. The van der Waals surface area contributed by atoms with Crippen molar-refractivity contribution in [3.8, 4) is 22.7 Å². The molecule has 0 bridgehead atoms. The van der Waals surface area contributed by atoms with Gasteiger partial charge in [0, 0.05) is 22.5 Å². The van der Waals surface area contributed by atoms with Gasteiger partial charge in [0.15, 0.2) is 0 Å². The van der Waals surface area contributed by atoms with E-state index >= 15 is 0 Å². The molecule has 0 saturated carbocycles. The molecule has 0 aliphatic heterocycles. The van der Waals surface area contributed by atoms with Crippen LogP contribution in [-0.4, -0.2) is 21.9 Å². The molecule has 0 aliphatic carbocycles. The summed E-state index contributed by atoms with van der Waals surface area (Å²) in [5.41, 5.74) is 7.47. The molecule has 4 nitrogen and oxygen atoms in total. The van der Waals surface area contributed by atoms with Crippen LogP contribution in [0.15, 0.2) is 72.9 Å². The average Bonchev–Trinajstić information content (AvgIpc) is 3.14. The lowest BCUT2D eigenvalue weighted by molar-refractivity contribution is 0.415. The van der Waals surface area contributed by atoms with Crippen LogP contribution in [-0.2, 0) is 0 Å². The molecule has 5 aromatic rings. The van der Waals surface area contributed by atoms with Crippen LogP contribution in [0.4, 0.5) is 0 Å². The lowest BCUT2D eigenvalue weighted by Crippen LogP contribution is -1.97. The number of methoxy groups -OCH3 is 1. The van der Waals surface area contributed by atoms with Gasteiger partial charge < -0.3 is 4.74 Å². The molecule has 0 N–H and O–H groups in total. The van der Waals surface area contributed by atoms with Crippen LogP contribution in [0.3, 0.4) is 0 Å². The van der Waals surface area contributed by atoms with Gasteiger partial charge in [0.1, 0.15) is 11.4 Å². The van der Waals surface area contributed by atoms with Gasteiger partial charge >= 0.3 is 0 Å². The third-order valence-corrected chi connectivity index (χ3v) is 5.30. The van der Waals surface area contributed by atoms with Crippen LogP contribution < -0.4 is 4.74 Å². The Bertz CT molecular complexity index is 1330. The maximum Gasteiger partial charge on any atom is 0.118 e. The third-order valence-electron chi connectivity index (χ3n) is 5.30. The first-order chi connectivity index (χ1) is 14.1. The number of pyridine rings is 1. The standard InChI is InChI=1S/C25H21N3O/c1-16-4-9-19(10-5-16)28-25-21-14-17(2)6-13-23(21)26-15-22(25)24(27-28)18-7-11-20(29-3)12-8-18/h4-15H,1-3H3. The number of aryl methyl sites for hydroxylation is 2. The Hall–Kier alpha value is -3.66. The Balaban J connectivity index is 1.86. The molecule has 142 valence electrons. The lowest BCUT2D eigenvalue weighted by Gasteiger charge is -2.07.